The molecule has 0 heterocycles. The number of carboxylic acid groups (broad SMARTS) is 1. The molecule has 2 rings (SSSR count). The quantitative estimate of drug-likeness (QED) is 0.377. The number of hydrogen-bond donors (Lipinski definition) is 3. The van der Waals surface area contributed by atoms with Gasteiger partial charge in [0.15, 0.2) is 5.78 Å². The van der Waals surface area contributed by atoms with E-state index in [1.54, 1.807) is 0 Å². The summed E-state index contributed by atoms with van der Waals surface area (Å²) >= 11 is 11.6. The molecular formula is C16H11Cl2NO6S. The molecule has 0 spiro atoms. The molecule has 2 aromatic carbocycles. The second kappa shape index (κ2) is 7.77. The van der Waals surface area contributed by atoms with Gasteiger partial charge in [-0.2, -0.15) is 0 Å². The zero-order valence-electron chi connectivity index (χ0n) is 12.8. The number of nitrogens with one attached hydrogen (secondary N) is 1. The fourth-order valence-electron chi connectivity index (χ4n) is 1.91. The Morgan fingerprint density at radius 2 is 1.73 bits per heavy atom. The molecule has 10 heteroatoms. The molecule has 0 amide bonds. The summed E-state index contributed by atoms with van der Waals surface area (Å²) in [5.41, 5.74) is 0.0188. The van der Waals surface area contributed by atoms with Crippen LogP contribution in [-0.2, 0) is 14.8 Å². The Kier molecular flexibility index (Phi) is 5.91. The summed E-state index contributed by atoms with van der Waals surface area (Å²) in [5.74, 6) is -3.60. The number of carbonyl (C=O) groups is 2. The third-order valence-electron chi connectivity index (χ3n) is 3.07. The van der Waals surface area contributed by atoms with Crippen molar-refractivity contribution in [1.82, 2.24) is 0 Å². The lowest BCUT2D eigenvalue weighted by Crippen LogP contribution is -2.14. The summed E-state index contributed by atoms with van der Waals surface area (Å²) in [6, 6.07) is 9.17. The third kappa shape index (κ3) is 4.75. The van der Waals surface area contributed by atoms with E-state index < -0.39 is 27.5 Å². The second-order valence-electron chi connectivity index (χ2n) is 4.96. The summed E-state index contributed by atoms with van der Waals surface area (Å²) < 4.78 is 27.1. The molecule has 7 nitrogen and oxygen atoms in total. The van der Waals surface area contributed by atoms with Crippen LogP contribution >= 0.6 is 23.2 Å². The number of ketones is 1. The molecule has 0 radical (unpaired) electrons. The molecule has 26 heavy (non-hydrogen) atoms. The number of aliphatic hydroxyl groups is 1. The molecule has 136 valence electrons. The second-order valence-corrected chi connectivity index (χ2v) is 7.45. The van der Waals surface area contributed by atoms with Crippen LogP contribution in [0.1, 0.15) is 10.4 Å². The molecule has 0 atom stereocenters. The molecule has 0 aromatic heterocycles. The monoisotopic (exact) mass is 415 g/mol. The van der Waals surface area contributed by atoms with Crippen LogP contribution < -0.4 is 4.72 Å². The standard InChI is InChI=1S/C16H11Cl2NO6S/c17-10-4-5-15(12(18)7-10)26(24,25)19-11-3-1-2-9(6-11)13(20)8-14(21)16(22)23/h1-8,19,21H,(H,22,23). The summed E-state index contributed by atoms with van der Waals surface area (Å²) in [5, 5.41) is 17.9. The highest BCUT2D eigenvalue weighted by atomic mass is 35.5. The third-order valence-corrected chi connectivity index (χ3v) is 5.17. The first-order valence-electron chi connectivity index (χ1n) is 6.86. The van der Waals surface area contributed by atoms with Crippen molar-refractivity contribution >= 4 is 50.7 Å². The Labute approximate surface area is 158 Å². The predicted octanol–water partition coefficient (Wildman–Crippen LogP) is 3.50. The van der Waals surface area contributed by atoms with Crippen molar-refractivity contribution < 1.29 is 28.2 Å². The first-order chi connectivity index (χ1) is 12.1. The molecule has 0 aliphatic heterocycles. The summed E-state index contributed by atoms with van der Waals surface area (Å²) in [7, 11) is -4.05. The number of halogens is 2. The van der Waals surface area contributed by atoms with Gasteiger partial charge < -0.3 is 10.2 Å². The maximum atomic E-state index is 12.4. The summed E-state index contributed by atoms with van der Waals surface area (Å²) in [4.78, 5) is 22.3. The maximum absolute atomic E-state index is 12.4. The lowest BCUT2D eigenvalue weighted by Gasteiger charge is -2.10. The van der Waals surface area contributed by atoms with Gasteiger partial charge in [-0.15, -0.1) is 0 Å². The number of carbonyl (C=O) groups excluding carboxylic acids is 1. The van der Waals surface area contributed by atoms with Crippen LogP contribution in [0.2, 0.25) is 10.0 Å². The van der Waals surface area contributed by atoms with Gasteiger partial charge in [0.05, 0.1) is 5.02 Å². The minimum atomic E-state index is -4.05. The topological polar surface area (TPSA) is 121 Å². The highest BCUT2D eigenvalue weighted by Gasteiger charge is 2.19. The van der Waals surface area contributed by atoms with Crippen molar-refractivity contribution in [2.45, 2.75) is 4.90 Å². The SMILES string of the molecule is O=C(O)C(O)=CC(=O)c1cccc(NS(=O)(=O)c2ccc(Cl)cc2Cl)c1. The molecule has 3 N–H and O–H groups in total. The zero-order valence-corrected chi connectivity index (χ0v) is 15.1. The van der Waals surface area contributed by atoms with Crippen molar-refractivity contribution in [1.29, 1.82) is 0 Å². The number of allylic oxidation sites excluding steroid dienone is 1. The smallest absolute Gasteiger partial charge is 0.371 e. The van der Waals surface area contributed by atoms with E-state index >= 15 is 0 Å². The average molecular weight is 416 g/mol. The van der Waals surface area contributed by atoms with E-state index in [1.165, 1.54) is 42.5 Å². The van der Waals surface area contributed by atoms with Crippen molar-refractivity contribution in [2.24, 2.45) is 0 Å². The zero-order chi connectivity index (χ0) is 19.5. The van der Waals surface area contributed by atoms with E-state index in [1.807, 2.05) is 0 Å². The minimum Gasteiger partial charge on any atom is -0.502 e. The van der Waals surface area contributed by atoms with Gasteiger partial charge >= 0.3 is 5.97 Å². The number of aliphatic hydroxyl groups excluding tert-OH is 1. The number of rotatable bonds is 6. The van der Waals surface area contributed by atoms with E-state index in [0.717, 1.165) is 0 Å². The molecule has 0 fully saturated rings. The Morgan fingerprint density at radius 1 is 1.04 bits per heavy atom. The number of sulfonamides is 1. The van der Waals surface area contributed by atoms with Gasteiger partial charge in [0.2, 0.25) is 5.76 Å². The molecule has 2 aromatic rings. The van der Waals surface area contributed by atoms with Crippen molar-refractivity contribution in [2.75, 3.05) is 4.72 Å². The van der Waals surface area contributed by atoms with Crippen LogP contribution in [0.3, 0.4) is 0 Å². The van der Waals surface area contributed by atoms with Crippen LogP contribution in [0.4, 0.5) is 5.69 Å². The van der Waals surface area contributed by atoms with Gasteiger partial charge in [-0.25, -0.2) is 13.2 Å². The van der Waals surface area contributed by atoms with Crippen LogP contribution in [0.15, 0.2) is 59.2 Å². The van der Waals surface area contributed by atoms with E-state index in [4.69, 9.17) is 33.4 Å². The fourth-order valence-corrected chi connectivity index (χ4v) is 3.73. The van der Waals surface area contributed by atoms with Gasteiger partial charge in [0.25, 0.3) is 10.0 Å². The molecule has 0 saturated heterocycles. The van der Waals surface area contributed by atoms with E-state index in [2.05, 4.69) is 4.72 Å². The molecule has 0 unspecified atom stereocenters. The van der Waals surface area contributed by atoms with Crippen LogP contribution in [0.5, 0.6) is 0 Å². The summed E-state index contributed by atoms with van der Waals surface area (Å²) in [6.07, 6.45) is 0.520. The van der Waals surface area contributed by atoms with E-state index in [0.29, 0.717) is 6.08 Å². The highest BCUT2D eigenvalue weighted by molar-refractivity contribution is 7.92. The lowest BCUT2D eigenvalue weighted by molar-refractivity contribution is -0.135. The van der Waals surface area contributed by atoms with Crippen molar-refractivity contribution in [3.8, 4) is 0 Å². The Bertz CT molecular complexity index is 1020. The number of benzene rings is 2. The fraction of sp³-hybridized carbons (Fsp3) is 0. The van der Waals surface area contributed by atoms with Crippen molar-refractivity contribution in [3.05, 3.63) is 69.9 Å². The molecule has 0 aliphatic rings. The number of aliphatic carboxylic acids is 1. The Hall–Kier alpha value is -2.55. The van der Waals surface area contributed by atoms with Crippen LogP contribution in [-0.4, -0.2) is 30.4 Å². The molecule has 0 bridgehead atoms. The highest BCUT2D eigenvalue weighted by Crippen LogP contribution is 2.27. The van der Waals surface area contributed by atoms with Gasteiger partial charge in [-0.1, -0.05) is 35.3 Å². The van der Waals surface area contributed by atoms with E-state index in [9.17, 15) is 18.0 Å². The van der Waals surface area contributed by atoms with Crippen molar-refractivity contribution in [3.63, 3.8) is 0 Å². The lowest BCUT2D eigenvalue weighted by atomic mass is 10.1. The first-order valence-corrected chi connectivity index (χ1v) is 9.10. The molecule has 0 saturated carbocycles. The largest absolute Gasteiger partial charge is 0.502 e. The van der Waals surface area contributed by atoms with Crippen LogP contribution in [0.25, 0.3) is 0 Å². The molecule has 0 aliphatic carbocycles. The van der Waals surface area contributed by atoms with Crippen LogP contribution in [0, 0.1) is 0 Å². The number of anilines is 1. The Balaban J connectivity index is 2.32. The summed E-state index contributed by atoms with van der Waals surface area (Å²) in [6.45, 7) is 0. The number of hydrogen-bond acceptors (Lipinski definition) is 5. The Morgan fingerprint density at radius 3 is 2.35 bits per heavy atom. The normalized spacial score (nSPS) is 11.8. The maximum Gasteiger partial charge on any atom is 0.371 e. The first kappa shape index (κ1) is 19.8. The minimum absolute atomic E-state index is 0.0276. The predicted molar refractivity (Wildman–Crippen MR) is 96.4 cm³/mol. The average Bonchev–Trinajstić information content (AvgIpc) is 2.54. The molecular weight excluding hydrogens is 405 g/mol. The number of carboxylic acids is 1. The van der Waals surface area contributed by atoms with Gasteiger partial charge in [-0.3, -0.25) is 9.52 Å². The van der Waals surface area contributed by atoms with Gasteiger partial charge in [-0.05, 0) is 30.3 Å². The van der Waals surface area contributed by atoms with Gasteiger partial charge in [0.1, 0.15) is 4.90 Å². The van der Waals surface area contributed by atoms with Gasteiger partial charge in [0, 0.05) is 22.3 Å². The van der Waals surface area contributed by atoms with E-state index in [-0.39, 0.29) is 26.2 Å².